The Hall–Kier alpha value is -1.71. The van der Waals surface area contributed by atoms with Crippen LogP contribution in [0.3, 0.4) is 0 Å². The average molecular weight is 461 g/mol. The van der Waals surface area contributed by atoms with Gasteiger partial charge in [0, 0.05) is 39.3 Å². The minimum atomic E-state index is -0.0688. The topological polar surface area (TPSA) is 80.2 Å². The number of likely N-dealkylation sites (N-methyl/N-ethyl adjacent to an activating group) is 1. The summed E-state index contributed by atoms with van der Waals surface area (Å²) in [7, 11) is 0. The lowest BCUT2D eigenvalue weighted by molar-refractivity contribution is -0.119. The number of phenolic OH excluding ortho intramolecular Hbond substituents is 1. The number of carbonyl (C=O) groups excluding carboxylic acids is 1. The Labute approximate surface area is 166 Å². The van der Waals surface area contributed by atoms with E-state index in [1.54, 1.807) is 6.07 Å². The highest BCUT2D eigenvalue weighted by Crippen LogP contribution is 2.27. The van der Waals surface area contributed by atoms with E-state index in [2.05, 4.69) is 25.4 Å². The number of rotatable bonds is 5. The van der Waals surface area contributed by atoms with Crippen molar-refractivity contribution in [3.05, 3.63) is 24.3 Å². The van der Waals surface area contributed by atoms with Crippen molar-refractivity contribution in [2.24, 2.45) is 4.99 Å². The molecule has 140 valence electrons. The first-order valence-corrected chi connectivity index (χ1v) is 8.48. The molecule has 0 spiro atoms. The molecule has 1 aromatic rings. The molecule has 0 unspecified atom stereocenters. The lowest BCUT2D eigenvalue weighted by atomic mass is 10.2. The second-order valence-electron chi connectivity index (χ2n) is 5.59. The summed E-state index contributed by atoms with van der Waals surface area (Å²) in [6.07, 6.45) is 0. The van der Waals surface area contributed by atoms with Crippen molar-refractivity contribution in [1.82, 2.24) is 15.5 Å². The second kappa shape index (κ2) is 11.0. The summed E-state index contributed by atoms with van der Waals surface area (Å²) < 4.78 is 0. The van der Waals surface area contributed by atoms with Crippen LogP contribution in [0.5, 0.6) is 5.75 Å². The molecule has 3 N–H and O–H groups in total. The van der Waals surface area contributed by atoms with Crippen LogP contribution in [-0.2, 0) is 4.79 Å². The van der Waals surface area contributed by atoms with Crippen molar-refractivity contribution in [3.8, 4) is 5.75 Å². The lowest BCUT2D eigenvalue weighted by Gasteiger charge is -2.37. The highest BCUT2D eigenvalue weighted by atomic mass is 127. The Morgan fingerprint density at radius 3 is 2.36 bits per heavy atom. The van der Waals surface area contributed by atoms with E-state index in [0.717, 1.165) is 44.4 Å². The number of aromatic hydroxyl groups is 1. The van der Waals surface area contributed by atoms with Crippen LogP contribution in [-0.4, -0.2) is 67.7 Å². The van der Waals surface area contributed by atoms with Gasteiger partial charge in [0.2, 0.25) is 5.91 Å². The van der Waals surface area contributed by atoms with Crippen molar-refractivity contribution < 1.29 is 9.90 Å². The Kier molecular flexibility index (Phi) is 9.40. The molecule has 1 saturated heterocycles. The van der Waals surface area contributed by atoms with Gasteiger partial charge in [-0.1, -0.05) is 12.1 Å². The molecule has 0 saturated carbocycles. The van der Waals surface area contributed by atoms with Gasteiger partial charge >= 0.3 is 0 Å². The average Bonchev–Trinajstić information content (AvgIpc) is 2.59. The van der Waals surface area contributed by atoms with E-state index in [9.17, 15) is 9.90 Å². The zero-order chi connectivity index (χ0) is 17.4. The number of halogens is 1. The van der Waals surface area contributed by atoms with Crippen LogP contribution in [0.15, 0.2) is 29.3 Å². The summed E-state index contributed by atoms with van der Waals surface area (Å²) in [5.74, 6) is 1.00. The van der Waals surface area contributed by atoms with Crippen LogP contribution in [0.4, 0.5) is 5.69 Å². The molecular formula is C17H28IN5O2. The van der Waals surface area contributed by atoms with Gasteiger partial charge in [-0.15, -0.1) is 24.0 Å². The number of carbonyl (C=O) groups is 1. The summed E-state index contributed by atoms with van der Waals surface area (Å²) in [5.41, 5.74) is 0.862. The summed E-state index contributed by atoms with van der Waals surface area (Å²) in [4.78, 5) is 20.3. The molecule has 1 aliphatic heterocycles. The molecule has 8 heteroatoms. The van der Waals surface area contributed by atoms with Gasteiger partial charge in [-0.05, 0) is 26.0 Å². The number of nitrogens with one attached hydrogen (secondary N) is 2. The number of hydrogen-bond donors (Lipinski definition) is 3. The minimum Gasteiger partial charge on any atom is -0.506 e. The van der Waals surface area contributed by atoms with Crippen LogP contribution >= 0.6 is 24.0 Å². The van der Waals surface area contributed by atoms with E-state index in [1.807, 2.05) is 32.0 Å². The predicted octanol–water partition coefficient (Wildman–Crippen LogP) is 1.23. The van der Waals surface area contributed by atoms with E-state index in [4.69, 9.17) is 0 Å². The molecule has 0 aromatic heterocycles. The molecule has 1 aliphatic rings. The Bertz CT molecular complexity index is 574. The molecule has 2 rings (SSSR count). The van der Waals surface area contributed by atoms with E-state index in [1.165, 1.54) is 0 Å². The number of guanidine groups is 1. The third kappa shape index (κ3) is 6.26. The number of phenols is 1. The number of benzene rings is 1. The quantitative estimate of drug-likeness (QED) is 0.349. The van der Waals surface area contributed by atoms with E-state index in [-0.39, 0.29) is 36.4 Å². The zero-order valence-electron chi connectivity index (χ0n) is 14.9. The minimum absolute atomic E-state index is 0. The maximum absolute atomic E-state index is 11.6. The first kappa shape index (κ1) is 21.3. The predicted molar refractivity (Wildman–Crippen MR) is 112 cm³/mol. The molecule has 1 heterocycles. The lowest BCUT2D eigenvalue weighted by Crippen LogP contribution is -2.52. The van der Waals surface area contributed by atoms with Crippen LogP contribution in [0.2, 0.25) is 0 Å². The van der Waals surface area contributed by atoms with E-state index in [0.29, 0.717) is 12.3 Å². The van der Waals surface area contributed by atoms with Gasteiger partial charge in [-0.2, -0.15) is 0 Å². The summed E-state index contributed by atoms with van der Waals surface area (Å²) in [6, 6.07) is 7.39. The summed E-state index contributed by atoms with van der Waals surface area (Å²) >= 11 is 0. The fourth-order valence-corrected chi connectivity index (χ4v) is 2.72. The van der Waals surface area contributed by atoms with Crippen LogP contribution in [0.1, 0.15) is 13.8 Å². The van der Waals surface area contributed by atoms with Gasteiger partial charge in [0.1, 0.15) is 12.3 Å². The van der Waals surface area contributed by atoms with Gasteiger partial charge in [0.25, 0.3) is 0 Å². The van der Waals surface area contributed by atoms with Gasteiger partial charge in [-0.3, -0.25) is 4.79 Å². The van der Waals surface area contributed by atoms with Gasteiger partial charge in [-0.25, -0.2) is 4.99 Å². The molecule has 0 atom stereocenters. The maximum Gasteiger partial charge on any atom is 0.241 e. The number of piperazine rings is 1. The Balaban J connectivity index is 0.00000312. The van der Waals surface area contributed by atoms with E-state index >= 15 is 0 Å². The van der Waals surface area contributed by atoms with Gasteiger partial charge < -0.3 is 25.5 Å². The van der Waals surface area contributed by atoms with Crippen molar-refractivity contribution in [3.63, 3.8) is 0 Å². The fraction of sp³-hybridized carbons (Fsp3) is 0.529. The number of nitrogens with zero attached hydrogens (tertiary/aromatic N) is 3. The monoisotopic (exact) mass is 461 g/mol. The number of amides is 1. The molecule has 0 aliphatic carbocycles. The number of anilines is 1. The van der Waals surface area contributed by atoms with E-state index < -0.39 is 0 Å². The highest BCUT2D eigenvalue weighted by Gasteiger charge is 2.21. The number of para-hydroxylation sites is 2. The van der Waals surface area contributed by atoms with Crippen LogP contribution in [0.25, 0.3) is 0 Å². The molecule has 1 fully saturated rings. The molecule has 0 bridgehead atoms. The second-order valence-corrected chi connectivity index (χ2v) is 5.59. The zero-order valence-corrected chi connectivity index (χ0v) is 17.2. The third-order valence-electron chi connectivity index (χ3n) is 3.88. The van der Waals surface area contributed by atoms with Crippen LogP contribution in [0, 0.1) is 0 Å². The SMILES string of the molecule is CCNC(=O)CN=C(NCC)N1CCN(c2ccccc2O)CC1.I. The molecule has 1 aromatic carbocycles. The van der Waals surface area contributed by atoms with Crippen molar-refractivity contribution in [1.29, 1.82) is 0 Å². The number of aliphatic imine (C=N–C) groups is 1. The molecule has 7 nitrogen and oxygen atoms in total. The molecule has 0 radical (unpaired) electrons. The van der Waals surface area contributed by atoms with Crippen molar-refractivity contribution in [2.45, 2.75) is 13.8 Å². The molecular weight excluding hydrogens is 433 g/mol. The smallest absolute Gasteiger partial charge is 0.241 e. The third-order valence-corrected chi connectivity index (χ3v) is 3.88. The normalized spacial score (nSPS) is 14.7. The van der Waals surface area contributed by atoms with Crippen LogP contribution < -0.4 is 15.5 Å². The first-order valence-electron chi connectivity index (χ1n) is 8.48. The summed E-state index contributed by atoms with van der Waals surface area (Å²) in [6.45, 7) is 8.58. The largest absolute Gasteiger partial charge is 0.506 e. The molecule has 1 amide bonds. The fourth-order valence-electron chi connectivity index (χ4n) is 2.72. The van der Waals surface area contributed by atoms with Crippen molar-refractivity contribution >= 4 is 41.5 Å². The Morgan fingerprint density at radius 2 is 1.76 bits per heavy atom. The standard InChI is InChI=1S/C17H27N5O2.HI/c1-3-18-16(24)13-20-17(19-4-2)22-11-9-21(10-12-22)14-7-5-6-8-15(14)23;/h5-8,23H,3-4,9-13H2,1-2H3,(H,18,24)(H,19,20);1H. The van der Waals surface area contributed by atoms with Gasteiger partial charge in [0.05, 0.1) is 5.69 Å². The highest BCUT2D eigenvalue weighted by molar-refractivity contribution is 14.0. The molecule has 25 heavy (non-hydrogen) atoms. The van der Waals surface area contributed by atoms with Crippen molar-refractivity contribution in [2.75, 3.05) is 50.7 Å². The first-order chi connectivity index (χ1) is 11.7. The van der Waals surface area contributed by atoms with Gasteiger partial charge in [0.15, 0.2) is 5.96 Å². The Morgan fingerprint density at radius 1 is 1.12 bits per heavy atom. The number of hydrogen-bond acceptors (Lipinski definition) is 4. The maximum atomic E-state index is 11.6. The summed E-state index contributed by atoms with van der Waals surface area (Å²) in [5, 5.41) is 16.0.